The molecule has 2 amide bonds. The summed E-state index contributed by atoms with van der Waals surface area (Å²) < 4.78 is 0. The van der Waals surface area contributed by atoms with Gasteiger partial charge in [-0.3, -0.25) is 14.6 Å². The monoisotopic (exact) mass is 329 g/mol. The molecule has 1 aliphatic rings. The smallest absolute Gasteiger partial charge is 0.340 e. The summed E-state index contributed by atoms with van der Waals surface area (Å²) in [7, 11) is 1.73. The second-order valence-electron chi connectivity index (χ2n) is 5.85. The predicted molar refractivity (Wildman–Crippen MR) is 85.7 cm³/mol. The van der Waals surface area contributed by atoms with Crippen molar-refractivity contribution in [3.63, 3.8) is 0 Å². The second kappa shape index (κ2) is 6.69. The van der Waals surface area contributed by atoms with Gasteiger partial charge in [-0.25, -0.2) is 9.89 Å². The van der Waals surface area contributed by atoms with Gasteiger partial charge in [0, 0.05) is 13.5 Å². The Bertz CT molecular complexity index is 782. The molecule has 0 aliphatic carbocycles. The van der Waals surface area contributed by atoms with Crippen LogP contribution in [-0.2, 0) is 16.1 Å². The van der Waals surface area contributed by atoms with Gasteiger partial charge in [0.15, 0.2) is 0 Å². The van der Waals surface area contributed by atoms with Crippen molar-refractivity contribution in [3.8, 4) is 0 Å². The quantitative estimate of drug-likeness (QED) is 0.750. The Morgan fingerprint density at radius 3 is 2.75 bits per heavy atom. The molecule has 1 aliphatic heterocycles. The van der Waals surface area contributed by atoms with Crippen molar-refractivity contribution in [3.05, 3.63) is 52.2 Å². The first-order chi connectivity index (χ1) is 11.6. The summed E-state index contributed by atoms with van der Waals surface area (Å²) >= 11 is 0. The third kappa shape index (κ3) is 3.22. The lowest BCUT2D eigenvalue weighted by molar-refractivity contribution is -0.141. The molecule has 126 valence electrons. The normalized spacial score (nSPS) is 20.9. The van der Waals surface area contributed by atoms with Gasteiger partial charge >= 0.3 is 5.69 Å². The molecule has 0 spiro atoms. The van der Waals surface area contributed by atoms with Gasteiger partial charge in [0.2, 0.25) is 11.8 Å². The molecular weight excluding hydrogens is 310 g/mol. The number of carbonyl (C=O) groups excluding carboxylic acids is 2. The van der Waals surface area contributed by atoms with Gasteiger partial charge in [0.1, 0.15) is 5.82 Å². The van der Waals surface area contributed by atoms with Crippen LogP contribution in [0.25, 0.3) is 0 Å². The number of hydrogen-bond acceptors (Lipinski definition) is 4. The minimum Gasteiger partial charge on any atom is -0.348 e. The van der Waals surface area contributed by atoms with Crippen molar-refractivity contribution >= 4 is 11.8 Å². The predicted octanol–water partition coefficient (Wildman–Crippen LogP) is 0.324. The highest BCUT2D eigenvalue weighted by Crippen LogP contribution is 2.35. The van der Waals surface area contributed by atoms with Crippen molar-refractivity contribution in [2.75, 3.05) is 7.05 Å². The Balaban J connectivity index is 1.77. The minimum absolute atomic E-state index is 0.0320. The van der Waals surface area contributed by atoms with E-state index in [0.717, 1.165) is 5.56 Å². The summed E-state index contributed by atoms with van der Waals surface area (Å²) in [5, 5.41) is 8.81. The van der Waals surface area contributed by atoms with Crippen molar-refractivity contribution in [1.82, 2.24) is 25.4 Å². The van der Waals surface area contributed by atoms with Crippen LogP contribution >= 0.6 is 0 Å². The van der Waals surface area contributed by atoms with Crippen LogP contribution in [0, 0.1) is 5.92 Å². The zero-order valence-electron chi connectivity index (χ0n) is 13.3. The van der Waals surface area contributed by atoms with Crippen LogP contribution in [0.3, 0.4) is 0 Å². The number of rotatable bonds is 4. The van der Waals surface area contributed by atoms with E-state index in [1.165, 1.54) is 0 Å². The van der Waals surface area contributed by atoms with E-state index in [1.54, 1.807) is 11.9 Å². The van der Waals surface area contributed by atoms with Gasteiger partial charge in [-0.05, 0) is 12.0 Å². The summed E-state index contributed by atoms with van der Waals surface area (Å²) in [6.07, 6.45) is 0.836. The van der Waals surface area contributed by atoms with E-state index in [1.807, 2.05) is 30.3 Å². The van der Waals surface area contributed by atoms with Gasteiger partial charge in [0.25, 0.3) is 0 Å². The third-order valence-corrected chi connectivity index (χ3v) is 4.32. The molecule has 2 aromatic rings. The fourth-order valence-electron chi connectivity index (χ4n) is 3.11. The average molecular weight is 329 g/mol. The van der Waals surface area contributed by atoms with Gasteiger partial charge in [-0.1, -0.05) is 30.3 Å². The molecule has 0 radical (unpaired) electrons. The van der Waals surface area contributed by atoms with E-state index < -0.39 is 5.69 Å². The van der Waals surface area contributed by atoms with Crippen LogP contribution < -0.4 is 11.0 Å². The number of nitrogens with zero attached hydrogens (tertiary/aromatic N) is 2. The van der Waals surface area contributed by atoms with Crippen LogP contribution in [-0.4, -0.2) is 38.9 Å². The third-order valence-electron chi connectivity index (χ3n) is 4.32. The Labute approximate surface area is 138 Å². The first kappa shape index (κ1) is 16.0. The number of aromatic nitrogens is 3. The molecule has 2 unspecified atom stereocenters. The molecule has 1 saturated heterocycles. The Morgan fingerprint density at radius 1 is 1.33 bits per heavy atom. The number of aromatic amines is 2. The Hall–Kier alpha value is -2.90. The van der Waals surface area contributed by atoms with E-state index in [9.17, 15) is 14.4 Å². The number of amides is 2. The molecule has 1 aromatic carbocycles. The highest BCUT2D eigenvalue weighted by atomic mass is 16.2. The zero-order valence-corrected chi connectivity index (χ0v) is 13.3. The molecule has 0 bridgehead atoms. The number of likely N-dealkylation sites (tertiary alicyclic amines) is 1. The zero-order chi connectivity index (χ0) is 17.1. The lowest BCUT2D eigenvalue weighted by Crippen LogP contribution is -2.46. The molecule has 2 atom stereocenters. The largest absolute Gasteiger partial charge is 0.348 e. The molecule has 8 heteroatoms. The van der Waals surface area contributed by atoms with Crippen molar-refractivity contribution in [2.24, 2.45) is 5.92 Å². The van der Waals surface area contributed by atoms with Crippen LogP contribution in [0.4, 0.5) is 0 Å². The van der Waals surface area contributed by atoms with E-state index >= 15 is 0 Å². The fourth-order valence-corrected chi connectivity index (χ4v) is 3.11. The molecule has 1 aromatic heterocycles. The second-order valence-corrected chi connectivity index (χ2v) is 5.85. The van der Waals surface area contributed by atoms with E-state index in [-0.39, 0.29) is 30.3 Å². The standard InChI is InChI=1S/C16H19N5O3/c1-21-13(22)8-7-11(14(21)10-5-3-2-4-6-10)15(23)17-9-12-18-16(24)20-19-12/h2-6,11,14H,7-9H2,1H3,(H,17,23)(H2,18,19,20,24). The summed E-state index contributed by atoms with van der Waals surface area (Å²) in [6.45, 7) is 0.132. The maximum Gasteiger partial charge on any atom is 0.340 e. The molecule has 3 rings (SSSR count). The summed E-state index contributed by atoms with van der Waals surface area (Å²) in [5.74, 6) is -0.109. The van der Waals surface area contributed by atoms with Gasteiger partial charge in [-0.15, -0.1) is 0 Å². The van der Waals surface area contributed by atoms with E-state index in [2.05, 4.69) is 20.5 Å². The maximum absolute atomic E-state index is 12.6. The molecule has 2 heterocycles. The minimum atomic E-state index is -0.413. The highest BCUT2D eigenvalue weighted by Gasteiger charge is 2.38. The fraction of sp³-hybridized carbons (Fsp3) is 0.375. The molecule has 1 fully saturated rings. The Kier molecular flexibility index (Phi) is 4.45. The topological polar surface area (TPSA) is 111 Å². The molecule has 8 nitrogen and oxygen atoms in total. The lowest BCUT2D eigenvalue weighted by atomic mass is 9.84. The van der Waals surface area contributed by atoms with Crippen LogP contribution in [0.1, 0.15) is 30.3 Å². The molecule has 24 heavy (non-hydrogen) atoms. The highest BCUT2D eigenvalue weighted by molar-refractivity contribution is 5.84. The van der Waals surface area contributed by atoms with Crippen LogP contribution in [0.15, 0.2) is 35.1 Å². The number of piperidine rings is 1. The summed E-state index contributed by atoms with van der Waals surface area (Å²) in [6, 6.07) is 9.23. The molecule has 0 saturated carbocycles. The first-order valence-electron chi connectivity index (χ1n) is 7.78. The summed E-state index contributed by atoms with van der Waals surface area (Å²) in [4.78, 5) is 39.9. The summed E-state index contributed by atoms with van der Waals surface area (Å²) in [5.41, 5.74) is 0.519. The average Bonchev–Trinajstić information content (AvgIpc) is 3.01. The van der Waals surface area contributed by atoms with Crippen LogP contribution in [0.2, 0.25) is 0 Å². The van der Waals surface area contributed by atoms with Gasteiger partial charge < -0.3 is 10.2 Å². The number of H-pyrrole nitrogens is 2. The molecular formula is C16H19N5O3. The molecule has 3 N–H and O–H groups in total. The van der Waals surface area contributed by atoms with E-state index in [4.69, 9.17) is 0 Å². The van der Waals surface area contributed by atoms with Crippen LogP contribution in [0.5, 0.6) is 0 Å². The van der Waals surface area contributed by atoms with E-state index in [0.29, 0.717) is 18.7 Å². The first-order valence-corrected chi connectivity index (χ1v) is 7.78. The number of benzene rings is 1. The number of nitrogens with one attached hydrogen (secondary N) is 3. The Morgan fingerprint density at radius 2 is 2.08 bits per heavy atom. The number of hydrogen-bond donors (Lipinski definition) is 3. The maximum atomic E-state index is 12.6. The lowest BCUT2D eigenvalue weighted by Gasteiger charge is -2.38. The van der Waals surface area contributed by atoms with Gasteiger partial charge in [0.05, 0.1) is 18.5 Å². The van der Waals surface area contributed by atoms with Crippen molar-refractivity contribution in [2.45, 2.75) is 25.4 Å². The van der Waals surface area contributed by atoms with Gasteiger partial charge in [-0.2, -0.15) is 5.10 Å². The van der Waals surface area contributed by atoms with Crippen molar-refractivity contribution < 1.29 is 9.59 Å². The SMILES string of the molecule is CN1C(=O)CCC(C(=O)NCc2n[nH]c(=O)[nH]2)C1c1ccccc1. The van der Waals surface area contributed by atoms with Crippen molar-refractivity contribution in [1.29, 1.82) is 0 Å². The number of carbonyl (C=O) groups is 2.